The second-order valence-electron chi connectivity index (χ2n) is 6.72. The minimum absolute atomic E-state index is 0.107. The zero-order chi connectivity index (χ0) is 21.5. The van der Waals surface area contributed by atoms with Gasteiger partial charge in [-0.3, -0.25) is 9.59 Å². The third-order valence-corrected chi connectivity index (χ3v) is 5.00. The van der Waals surface area contributed by atoms with Gasteiger partial charge in [0.2, 0.25) is 0 Å². The summed E-state index contributed by atoms with van der Waals surface area (Å²) in [5, 5.41) is 0.572. The Kier molecular flexibility index (Phi) is 7.30. The number of hydrogen-bond donors (Lipinski definition) is 0. The number of piperazine rings is 1. The van der Waals surface area contributed by atoms with Crippen molar-refractivity contribution < 1.29 is 23.9 Å². The Hall–Kier alpha value is -3.06. The maximum absolute atomic E-state index is 12.5. The summed E-state index contributed by atoms with van der Waals surface area (Å²) in [6.07, 6.45) is -0.353. The van der Waals surface area contributed by atoms with Crippen LogP contribution in [0.2, 0.25) is 5.02 Å². The quantitative estimate of drug-likeness (QED) is 0.657. The Labute approximate surface area is 180 Å². The average Bonchev–Trinajstić information content (AvgIpc) is 2.78. The van der Waals surface area contributed by atoms with Gasteiger partial charge in [-0.2, -0.15) is 0 Å². The number of nitrogens with zero attached hydrogens (tertiary/aromatic N) is 2. The fraction of sp³-hybridized carbons (Fsp3) is 0.318. The molecule has 7 nitrogen and oxygen atoms in total. The largest absolute Gasteiger partial charge is 0.484 e. The fourth-order valence-electron chi connectivity index (χ4n) is 3.06. The number of ketones is 1. The van der Waals surface area contributed by atoms with Crippen molar-refractivity contribution in [3.05, 3.63) is 64.7 Å². The summed E-state index contributed by atoms with van der Waals surface area (Å²) in [4.78, 5) is 39.8. The van der Waals surface area contributed by atoms with Crippen LogP contribution in [0.1, 0.15) is 22.8 Å². The van der Waals surface area contributed by atoms with Crippen molar-refractivity contribution >= 4 is 29.4 Å². The van der Waals surface area contributed by atoms with Gasteiger partial charge in [0.15, 0.2) is 12.4 Å². The van der Waals surface area contributed by atoms with Gasteiger partial charge in [-0.1, -0.05) is 11.6 Å². The molecule has 0 bridgehead atoms. The summed E-state index contributed by atoms with van der Waals surface area (Å²) in [5.74, 6) is 0.231. The van der Waals surface area contributed by atoms with Gasteiger partial charge < -0.3 is 19.3 Å². The summed E-state index contributed by atoms with van der Waals surface area (Å²) >= 11 is 5.85. The first kappa shape index (κ1) is 21.6. The minimum atomic E-state index is -0.353. The van der Waals surface area contributed by atoms with Crippen LogP contribution >= 0.6 is 11.6 Å². The monoisotopic (exact) mass is 430 g/mol. The number of carbonyl (C=O) groups excluding carboxylic acids is 3. The minimum Gasteiger partial charge on any atom is -0.484 e. The highest BCUT2D eigenvalue weighted by Gasteiger charge is 2.25. The van der Waals surface area contributed by atoms with Crippen LogP contribution in [-0.2, 0) is 9.53 Å². The third-order valence-electron chi connectivity index (χ3n) is 4.74. The normalized spacial score (nSPS) is 13.7. The lowest BCUT2D eigenvalue weighted by atomic mass is 10.0. The highest BCUT2D eigenvalue weighted by molar-refractivity contribution is 6.30. The molecule has 1 aliphatic rings. The molecule has 1 fully saturated rings. The van der Waals surface area contributed by atoms with E-state index in [1.165, 1.54) is 0 Å². The predicted octanol–water partition coefficient (Wildman–Crippen LogP) is 3.25. The van der Waals surface area contributed by atoms with E-state index in [2.05, 4.69) is 0 Å². The zero-order valence-electron chi connectivity index (χ0n) is 16.7. The molecule has 0 aliphatic carbocycles. The van der Waals surface area contributed by atoms with Gasteiger partial charge in [-0.15, -0.1) is 0 Å². The third kappa shape index (κ3) is 5.51. The number of hydrogen-bond acceptors (Lipinski definition) is 5. The van der Waals surface area contributed by atoms with E-state index in [1.807, 2.05) is 0 Å². The standard InChI is InChI=1S/C22H23ClN2O5/c1-2-29-22(28)25-13-11-24(12-14-25)20(26)15-30-19-9-5-17(6-10-19)21(27)16-3-7-18(23)8-4-16/h3-10H,2,11-15H2,1H3. The Morgan fingerprint density at radius 2 is 1.40 bits per heavy atom. The molecule has 1 heterocycles. The van der Waals surface area contributed by atoms with Crippen LogP contribution in [-0.4, -0.2) is 67.0 Å². The molecule has 0 unspecified atom stereocenters. The number of benzene rings is 2. The van der Waals surface area contributed by atoms with Crippen LogP contribution < -0.4 is 4.74 Å². The molecule has 0 N–H and O–H groups in total. The molecule has 0 spiro atoms. The van der Waals surface area contributed by atoms with Crippen LogP contribution in [0.15, 0.2) is 48.5 Å². The predicted molar refractivity (Wildman–Crippen MR) is 112 cm³/mol. The summed E-state index contributed by atoms with van der Waals surface area (Å²) in [6, 6.07) is 13.3. The van der Waals surface area contributed by atoms with Crippen LogP contribution in [0.3, 0.4) is 0 Å². The van der Waals surface area contributed by atoms with Gasteiger partial charge in [-0.05, 0) is 55.5 Å². The molecule has 1 aliphatic heterocycles. The Bertz CT molecular complexity index is 891. The van der Waals surface area contributed by atoms with Crippen molar-refractivity contribution in [1.29, 1.82) is 0 Å². The first-order valence-corrected chi connectivity index (χ1v) is 10.1. The molecule has 30 heavy (non-hydrogen) atoms. The van der Waals surface area contributed by atoms with Crippen LogP contribution in [0.4, 0.5) is 4.79 Å². The first-order valence-electron chi connectivity index (χ1n) is 9.70. The molecule has 158 valence electrons. The highest BCUT2D eigenvalue weighted by Crippen LogP contribution is 2.17. The summed E-state index contributed by atoms with van der Waals surface area (Å²) in [7, 11) is 0. The average molecular weight is 431 g/mol. The maximum Gasteiger partial charge on any atom is 0.409 e. The van der Waals surface area contributed by atoms with E-state index in [-0.39, 0.29) is 24.4 Å². The highest BCUT2D eigenvalue weighted by atomic mass is 35.5. The van der Waals surface area contributed by atoms with Gasteiger partial charge in [-0.25, -0.2) is 4.79 Å². The second-order valence-corrected chi connectivity index (χ2v) is 7.15. The fourth-order valence-corrected chi connectivity index (χ4v) is 3.19. The zero-order valence-corrected chi connectivity index (χ0v) is 17.4. The van der Waals surface area contributed by atoms with Crippen molar-refractivity contribution in [1.82, 2.24) is 9.80 Å². The molecule has 8 heteroatoms. The van der Waals surface area contributed by atoms with Crippen LogP contribution in [0.5, 0.6) is 5.75 Å². The van der Waals surface area contributed by atoms with Crippen molar-refractivity contribution in [2.75, 3.05) is 39.4 Å². The van der Waals surface area contributed by atoms with Gasteiger partial charge in [0.05, 0.1) is 6.61 Å². The van der Waals surface area contributed by atoms with E-state index in [1.54, 1.807) is 65.3 Å². The molecule has 0 saturated carbocycles. The topological polar surface area (TPSA) is 76.2 Å². The Morgan fingerprint density at radius 1 is 0.867 bits per heavy atom. The molecule has 2 aromatic carbocycles. The number of rotatable bonds is 6. The van der Waals surface area contributed by atoms with E-state index in [0.29, 0.717) is 54.7 Å². The van der Waals surface area contributed by atoms with Gasteiger partial charge in [0.1, 0.15) is 5.75 Å². The second kappa shape index (κ2) is 10.1. The number of halogens is 1. The van der Waals surface area contributed by atoms with Crippen LogP contribution in [0.25, 0.3) is 0 Å². The molecule has 0 atom stereocenters. The molecule has 0 radical (unpaired) electrons. The van der Waals surface area contributed by atoms with Crippen LogP contribution in [0, 0.1) is 0 Å². The lowest BCUT2D eigenvalue weighted by Gasteiger charge is -2.33. The number of ether oxygens (including phenoxy) is 2. The lowest BCUT2D eigenvalue weighted by molar-refractivity contribution is -0.134. The van der Waals surface area contributed by atoms with Crippen molar-refractivity contribution in [2.45, 2.75) is 6.92 Å². The summed E-state index contributed by atoms with van der Waals surface area (Å²) in [6.45, 7) is 3.73. The molecular weight excluding hydrogens is 408 g/mol. The molecule has 2 aromatic rings. The molecule has 2 amide bonds. The van der Waals surface area contributed by atoms with Gasteiger partial charge >= 0.3 is 6.09 Å². The SMILES string of the molecule is CCOC(=O)N1CCN(C(=O)COc2ccc(C(=O)c3ccc(Cl)cc3)cc2)CC1. The van der Waals surface area contributed by atoms with Crippen molar-refractivity contribution in [2.24, 2.45) is 0 Å². The van der Waals surface area contributed by atoms with Crippen molar-refractivity contribution in [3.63, 3.8) is 0 Å². The summed E-state index contributed by atoms with van der Waals surface area (Å²) in [5.41, 5.74) is 1.07. The molecular formula is C22H23ClN2O5. The van der Waals surface area contributed by atoms with E-state index < -0.39 is 0 Å². The number of carbonyl (C=O) groups is 3. The van der Waals surface area contributed by atoms with E-state index >= 15 is 0 Å². The van der Waals surface area contributed by atoms with E-state index in [4.69, 9.17) is 21.1 Å². The van der Waals surface area contributed by atoms with Gasteiger partial charge in [0, 0.05) is 42.3 Å². The first-order chi connectivity index (χ1) is 14.5. The van der Waals surface area contributed by atoms with E-state index in [9.17, 15) is 14.4 Å². The molecule has 1 saturated heterocycles. The Balaban J connectivity index is 1.48. The lowest BCUT2D eigenvalue weighted by Crippen LogP contribution is -2.51. The molecule has 0 aromatic heterocycles. The number of amides is 2. The molecule has 3 rings (SSSR count). The van der Waals surface area contributed by atoms with Gasteiger partial charge in [0.25, 0.3) is 5.91 Å². The van der Waals surface area contributed by atoms with E-state index in [0.717, 1.165) is 0 Å². The smallest absolute Gasteiger partial charge is 0.409 e. The maximum atomic E-state index is 12.5. The Morgan fingerprint density at radius 3 is 1.97 bits per heavy atom. The van der Waals surface area contributed by atoms with Crippen molar-refractivity contribution in [3.8, 4) is 5.75 Å². The summed E-state index contributed by atoms with van der Waals surface area (Å²) < 4.78 is 10.5.